The first-order valence-corrected chi connectivity index (χ1v) is 8.82. The molecule has 1 unspecified atom stereocenters. The van der Waals surface area contributed by atoms with Crippen LogP contribution in [0.4, 0.5) is 17.1 Å². The molecule has 1 amide bonds. The number of benzene rings is 2. The summed E-state index contributed by atoms with van der Waals surface area (Å²) in [6.07, 6.45) is 0.506. The van der Waals surface area contributed by atoms with E-state index in [1.54, 1.807) is 23.1 Å². The number of carbonyl (C=O) groups is 1. The van der Waals surface area contributed by atoms with Crippen LogP contribution in [0.15, 0.2) is 42.5 Å². The Morgan fingerprint density at radius 1 is 0.964 bits per heavy atom. The summed E-state index contributed by atoms with van der Waals surface area (Å²) in [5, 5.41) is 22.3. The highest BCUT2D eigenvalue weighted by molar-refractivity contribution is 5.95. The molecule has 146 valence electrons. The van der Waals surface area contributed by atoms with Crippen molar-refractivity contribution in [1.29, 1.82) is 0 Å². The standard InChI is InChI=1S/C20H21N3O5/c1-13(24)21-18-10-9-16(23(27)28)11-17(18)20(4,12-19(21,2)3)14-5-7-15(8-6-14)22(25)26/h5-11H,12H2,1-4H3. The highest BCUT2D eigenvalue weighted by Crippen LogP contribution is 2.51. The molecule has 2 aromatic carbocycles. The first-order valence-electron chi connectivity index (χ1n) is 8.82. The van der Waals surface area contributed by atoms with Crippen molar-refractivity contribution in [2.75, 3.05) is 4.90 Å². The second-order valence-corrected chi connectivity index (χ2v) is 7.94. The average Bonchev–Trinajstić information content (AvgIpc) is 2.60. The first kappa shape index (κ1) is 19.5. The minimum Gasteiger partial charge on any atom is -0.307 e. The minimum atomic E-state index is -0.661. The molecule has 0 saturated heterocycles. The maximum atomic E-state index is 12.4. The fourth-order valence-corrected chi connectivity index (χ4v) is 4.44. The summed E-state index contributed by atoms with van der Waals surface area (Å²) < 4.78 is 0. The number of hydrogen-bond acceptors (Lipinski definition) is 5. The molecule has 0 fully saturated rings. The van der Waals surface area contributed by atoms with Gasteiger partial charge in [-0.2, -0.15) is 0 Å². The lowest BCUT2D eigenvalue weighted by Gasteiger charge is -2.51. The van der Waals surface area contributed by atoms with Gasteiger partial charge in [-0.15, -0.1) is 0 Å². The number of non-ortho nitro benzene ring substituents is 2. The quantitative estimate of drug-likeness (QED) is 0.579. The molecular weight excluding hydrogens is 362 g/mol. The highest BCUT2D eigenvalue weighted by atomic mass is 16.6. The summed E-state index contributed by atoms with van der Waals surface area (Å²) in [5.41, 5.74) is 0.788. The molecule has 0 spiro atoms. The third-order valence-electron chi connectivity index (χ3n) is 5.45. The Hall–Kier alpha value is -3.29. The minimum absolute atomic E-state index is 0.0213. The van der Waals surface area contributed by atoms with E-state index in [0.717, 1.165) is 5.56 Å². The summed E-state index contributed by atoms with van der Waals surface area (Å²) in [6.45, 7) is 7.32. The summed E-state index contributed by atoms with van der Waals surface area (Å²) in [5.74, 6) is -0.147. The van der Waals surface area contributed by atoms with Crippen molar-refractivity contribution in [2.45, 2.75) is 45.1 Å². The van der Waals surface area contributed by atoms with Crippen molar-refractivity contribution in [3.05, 3.63) is 73.8 Å². The molecule has 0 bridgehead atoms. The molecule has 1 aliphatic rings. The Morgan fingerprint density at radius 3 is 2.00 bits per heavy atom. The van der Waals surface area contributed by atoms with Crippen molar-refractivity contribution in [2.24, 2.45) is 0 Å². The first-order chi connectivity index (χ1) is 13.0. The fourth-order valence-electron chi connectivity index (χ4n) is 4.44. The van der Waals surface area contributed by atoms with Crippen molar-refractivity contribution in [1.82, 2.24) is 0 Å². The number of nitro groups is 2. The number of rotatable bonds is 3. The predicted molar refractivity (Wildman–Crippen MR) is 105 cm³/mol. The Bertz CT molecular complexity index is 984. The number of amides is 1. The number of nitro benzene ring substituents is 2. The number of carbonyl (C=O) groups excluding carboxylic acids is 1. The van der Waals surface area contributed by atoms with E-state index in [0.29, 0.717) is 17.7 Å². The summed E-state index contributed by atoms with van der Waals surface area (Å²) in [7, 11) is 0. The van der Waals surface area contributed by atoms with Crippen LogP contribution in [0.2, 0.25) is 0 Å². The molecule has 1 aliphatic heterocycles. The number of fused-ring (bicyclic) bond motifs is 1. The molecule has 2 aromatic rings. The average molecular weight is 383 g/mol. The van der Waals surface area contributed by atoms with Gasteiger partial charge in [0.25, 0.3) is 11.4 Å². The molecule has 8 heteroatoms. The van der Waals surface area contributed by atoms with Gasteiger partial charge in [-0.25, -0.2) is 0 Å². The van der Waals surface area contributed by atoms with Gasteiger partial charge in [0.1, 0.15) is 0 Å². The van der Waals surface area contributed by atoms with Crippen LogP contribution >= 0.6 is 0 Å². The predicted octanol–water partition coefficient (Wildman–Crippen LogP) is 4.34. The summed E-state index contributed by atoms with van der Waals surface area (Å²) in [4.78, 5) is 35.5. The maximum Gasteiger partial charge on any atom is 0.269 e. The number of nitrogens with zero attached hydrogens (tertiary/aromatic N) is 3. The SMILES string of the molecule is CC(=O)N1c2ccc([N+](=O)[O-])cc2C(C)(c2ccc([N+](=O)[O-])cc2)CC1(C)C. The van der Waals surface area contributed by atoms with Crippen molar-refractivity contribution in [3.8, 4) is 0 Å². The van der Waals surface area contributed by atoms with Gasteiger partial charge in [-0.05, 0) is 37.5 Å². The number of anilines is 1. The van der Waals surface area contributed by atoms with Crippen LogP contribution in [0.1, 0.15) is 45.2 Å². The summed E-state index contributed by atoms with van der Waals surface area (Å²) >= 11 is 0. The van der Waals surface area contributed by atoms with Gasteiger partial charge >= 0.3 is 0 Å². The van der Waals surface area contributed by atoms with Gasteiger partial charge in [0.05, 0.1) is 9.85 Å². The van der Waals surface area contributed by atoms with Crippen LogP contribution in [-0.2, 0) is 10.2 Å². The van der Waals surface area contributed by atoms with Crippen molar-refractivity contribution >= 4 is 23.0 Å². The van der Waals surface area contributed by atoms with Crippen LogP contribution in [0, 0.1) is 20.2 Å². The lowest BCUT2D eigenvalue weighted by atomic mass is 9.65. The zero-order valence-electron chi connectivity index (χ0n) is 16.1. The molecule has 0 aliphatic carbocycles. The van der Waals surface area contributed by atoms with Gasteiger partial charge in [0.2, 0.25) is 5.91 Å². The Morgan fingerprint density at radius 2 is 1.50 bits per heavy atom. The second kappa shape index (κ2) is 6.40. The van der Waals surface area contributed by atoms with E-state index in [-0.39, 0.29) is 17.3 Å². The lowest BCUT2D eigenvalue weighted by molar-refractivity contribution is -0.385. The normalized spacial score (nSPS) is 20.4. The lowest BCUT2D eigenvalue weighted by Crippen LogP contribution is -2.55. The second-order valence-electron chi connectivity index (χ2n) is 7.94. The van der Waals surface area contributed by atoms with Crippen LogP contribution in [0.5, 0.6) is 0 Å². The van der Waals surface area contributed by atoms with E-state index in [2.05, 4.69) is 0 Å². The molecule has 0 radical (unpaired) electrons. The van der Waals surface area contributed by atoms with Gasteiger partial charge in [0.15, 0.2) is 0 Å². The Kier molecular flexibility index (Phi) is 4.45. The van der Waals surface area contributed by atoms with Gasteiger partial charge in [0, 0.05) is 47.8 Å². The van der Waals surface area contributed by atoms with Gasteiger partial charge < -0.3 is 4.90 Å². The Balaban J connectivity index is 2.27. The maximum absolute atomic E-state index is 12.4. The van der Waals surface area contributed by atoms with E-state index in [9.17, 15) is 25.0 Å². The largest absolute Gasteiger partial charge is 0.307 e. The smallest absolute Gasteiger partial charge is 0.269 e. The molecule has 0 aromatic heterocycles. The monoisotopic (exact) mass is 383 g/mol. The van der Waals surface area contributed by atoms with Crippen molar-refractivity contribution < 1.29 is 14.6 Å². The molecular formula is C20H21N3O5. The zero-order valence-corrected chi connectivity index (χ0v) is 16.1. The van der Waals surface area contributed by atoms with Gasteiger partial charge in [-0.3, -0.25) is 25.0 Å². The van der Waals surface area contributed by atoms with E-state index in [4.69, 9.17) is 0 Å². The summed E-state index contributed by atoms with van der Waals surface area (Å²) in [6, 6.07) is 10.7. The fraction of sp³-hybridized carbons (Fsp3) is 0.350. The van der Waals surface area contributed by atoms with E-state index < -0.39 is 20.8 Å². The third kappa shape index (κ3) is 3.00. The van der Waals surface area contributed by atoms with E-state index in [1.165, 1.54) is 31.2 Å². The van der Waals surface area contributed by atoms with E-state index in [1.807, 2.05) is 20.8 Å². The molecule has 0 N–H and O–H groups in total. The molecule has 1 heterocycles. The molecule has 28 heavy (non-hydrogen) atoms. The van der Waals surface area contributed by atoms with E-state index >= 15 is 0 Å². The van der Waals surface area contributed by atoms with Crippen molar-refractivity contribution in [3.63, 3.8) is 0 Å². The molecule has 3 rings (SSSR count). The Labute approximate surface area is 162 Å². The van der Waals surface area contributed by atoms with Crippen LogP contribution in [0.25, 0.3) is 0 Å². The van der Waals surface area contributed by atoms with Crippen LogP contribution < -0.4 is 4.90 Å². The number of hydrogen-bond donors (Lipinski definition) is 0. The molecule has 1 atom stereocenters. The molecule has 8 nitrogen and oxygen atoms in total. The zero-order chi connectivity index (χ0) is 20.9. The van der Waals surface area contributed by atoms with Gasteiger partial charge in [-0.1, -0.05) is 19.1 Å². The van der Waals surface area contributed by atoms with Crippen LogP contribution in [0.3, 0.4) is 0 Å². The highest BCUT2D eigenvalue weighted by Gasteiger charge is 2.47. The topological polar surface area (TPSA) is 107 Å². The third-order valence-corrected chi connectivity index (χ3v) is 5.45. The van der Waals surface area contributed by atoms with Crippen LogP contribution in [-0.4, -0.2) is 21.3 Å². The molecule has 0 saturated carbocycles.